The van der Waals surface area contributed by atoms with Crippen molar-refractivity contribution in [2.75, 3.05) is 10.6 Å². The lowest BCUT2D eigenvalue weighted by Crippen LogP contribution is -2.09. The van der Waals surface area contributed by atoms with Crippen LogP contribution in [0, 0.1) is 10.1 Å². The van der Waals surface area contributed by atoms with Crippen LogP contribution < -0.4 is 10.6 Å². The van der Waals surface area contributed by atoms with Crippen LogP contribution in [-0.2, 0) is 19.3 Å². The number of nitro benzene ring substituents is 1. The monoisotopic (exact) mass is 451 g/mol. The highest BCUT2D eigenvalue weighted by Gasteiger charge is 2.31. The molecule has 0 atom stereocenters. The summed E-state index contributed by atoms with van der Waals surface area (Å²) < 4.78 is 40.3. The summed E-state index contributed by atoms with van der Waals surface area (Å²) >= 11 is 0. The number of non-ortho nitro benzene ring substituents is 1. The molecule has 168 valence electrons. The molecule has 0 aliphatic rings. The van der Waals surface area contributed by atoms with Gasteiger partial charge in [-0.25, -0.2) is 0 Å². The molecule has 0 aromatic heterocycles. The predicted octanol–water partition coefficient (Wildman–Crippen LogP) is 6.99. The molecule has 5 nitrogen and oxygen atoms in total. The number of hydrogen-bond donors (Lipinski definition) is 2. The van der Waals surface area contributed by atoms with Crippen LogP contribution in [-0.4, -0.2) is 4.92 Å². The summed E-state index contributed by atoms with van der Waals surface area (Å²) in [5, 5.41) is 19.0. The zero-order valence-electron chi connectivity index (χ0n) is 17.4. The van der Waals surface area contributed by atoms with Crippen LogP contribution >= 0.6 is 0 Å². The highest BCUT2D eigenvalue weighted by Crippen LogP contribution is 2.34. The van der Waals surface area contributed by atoms with Gasteiger partial charge < -0.3 is 10.6 Å². The van der Waals surface area contributed by atoms with E-state index in [1.807, 2.05) is 42.5 Å². The summed E-state index contributed by atoms with van der Waals surface area (Å²) in [6, 6.07) is 23.4. The Morgan fingerprint density at radius 2 is 1.30 bits per heavy atom. The van der Waals surface area contributed by atoms with Gasteiger partial charge in [-0.1, -0.05) is 48.5 Å². The van der Waals surface area contributed by atoms with Crippen LogP contribution in [0.25, 0.3) is 10.8 Å². The minimum absolute atomic E-state index is 0.0435. The first-order valence-corrected chi connectivity index (χ1v) is 10.2. The summed E-state index contributed by atoms with van der Waals surface area (Å²) in [7, 11) is 0. The van der Waals surface area contributed by atoms with Crippen molar-refractivity contribution in [1.29, 1.82) is 0 Å². The van der Waals surface area contributed by atoms with E-state index < -0.39 is 16.7 Å². The number of nitrogens with zero attached hydrogens (tertiary/aromatic N) is 1. The van der Waals surface area contributed by atoms with Gasteiger partial charge in [0.05, 0.1) is 10.5 Å². The van der Waals surface area contributed by atoms with E-state index in [1.54, 1.807) is 18.2 Å². The molecule has 2 N–H and O–H groups in total. The van der Waals surface area contributed by atoms with E-state index in [2.05, 4.69) is 10.6 Å². The summed E-state index contributed by atoms with van der Waals surface area (Å²) in [6.45, 7) is 0.595. The lowest BCUT2D eigenvalue weighted by molar-refractivity contribution is -0.384. The molecule has 4 rings (SSSR count). The van der Waals surface area contributed by atoms with Gasteiger partial charge in [0.15, 0.2) is 0 Å². The molecular weight excluding hydrogens is 431 g/mol. The first-order chi connectivity index (χ1) is 15.8. The van der Waals surface area contributed by atoms with E-state index in [-0.39, 0.29) is 12.2 Å². The van der Waals surface area contributed by atoms with Crippen LogP contribution in [0.15, 0.2) is 84.9 Å². The van der Waals surface area contributed by atoms with E-state index in [1.165, 1.54) is 12.1 Å². The third kappa shape index (κ3) is 5.60. The van der Waals surface area contributed by atoms with Gasteiger partial charge in [-0.2, -0.15) is 13.2 Å². The molecule has 0 saturated carbocycles. The van der Waals surface area contributed by atoms with Crippen molar-refractivity contribution in [2.24, 2.45) is 0 Å². The lowest BCUT2D eigenvalue weighted by Gasteiger charge is -2.15. The molecular formula is C25H20F3N3O2. The first kappa shape index (κ1) is 22.1. The van der Waals surface area contributed by atoms with Gasteiger partial charge >= 0.3 is 6.18 Å². The molecule has 0 radical (unpaired) electrons. The van der Waals surface area contributed by atoms with Crippen LogP contribution in [0.3, 0.4) is 0 Å². The van der Waals surface area contributed by atoms with Crippen LogP contribution in [0.1, 0.15) is 16.7 Å². The van der Waals surface area contributed by atoms with Crippen molar-refractivity contribution in [3.05, 3.63) is 112 Å². The van der Waals surface area contributed by atoms with Crippen molar-refractivity contribution in [2.45, 2.75) is 19.3 Å². The second-order valence-corrected chi connectivity index (χ2v) is 7.61. The fourth-order valence-electron chi connectivity index (χ4n) is 3.49. The van der Waals surface area contributed by atoms with E-state index >= 15 is 0 Å². The average molecular weight is 451 g/mol. The Morgan fingerprint density at radius 1 is 0.727 bits per heavy atom. The first-order valence-electron chi connectivity index (χ1n) is 10.2. The lowest BCUT2D eigenvalue weighted by atomic mass is 10.1. The van der Waals surface area contributed by atoms with E-state index in [0.29, 0.717) is 23.5 Å². The molecule has 0 unspecified atom stereocenters. The molecule has 0 spiro atoms. The van der Waals surface area contributed by atoms with Crippen molar-refractivity contribution >= 4 is 27.8 Å². The quantitative estimate of drug-likeness (QED) is 0.235. The van der Waals surface area contributed by atoms with Gasteiger partial charge in [0.25, 0.3) is 5.69 Å². The third-order valence-electron chi connectivity index (χ3n) is 5.21. The number of anilines is 2. The molecule has 0 fully saturated rings. The number of nitro groups is 1. The predicted molar refractivity (Wildman–Crippen MR) is 123 cm³/mol. The number of rotatable bonds is 7. The van der Waals surface area contributed by atoms with Crippen LogP contribution in [0.5, 0.6) is 0 Å². The van der Waals surface area contributed by atoms with Crippen molar-refractivity contribution < 1.29 is 18.1 Å². The number of halogens is 3. The largest absolute Gasteiger partial charge is 0.416 e. The van der Waals surface area contributed by atoms with Gasteiger partial charge in [0.1, 0.15) is 0 Å². The van der Waals surface area contributed by atoms with Crippen LogP contribution in [0.4, 0.5) is 30.2 Å². The molecule has 0 aliphatic heterocycles. The Labute approximate surface area is 188 Å². The zero-order valence-corrected chi connectivity index (χ0v) is 17.4. The SMILES string of the molecule is O=[N+]([O-])c1ccc(CNc2cc(NCc3ccc4ccccc4c3)cc(C(F)(F)F)c2)cc1. The maximum absolute atomic E-state index is 13.4. The summed E-state index contributed by atoms with van der Waals surface area (Å²) in [6.07, 6.45) is -4.50. The van der Waals surface area contributed by atoms with Crippen molar-refractivity contribution in [3.63, 3.8) is 0 Å². The Balaban J connectivity index is 1.50. The molecule has 0 bridgehead atoms. The maximum Gasteiger partial charge on any atom is 0.416 e. The summed E-state index contributed by atoms with van der Waals surface area (Å²) in [5.41, 5.74) is 1.48. The van der Waals surface area contributed by atoms with Crippen molar-refractivity contribution in [1.82, 2.24) is 0 Å². The molecule has 0 heterocycles. The van der Waals surface area contributed by atoms with E-state index in [0.717, 1.165) is 28.5 Å². The highest BCUT2D eigenvalue weighted by atomic mass is 19.4. The average Bonchev–Trinajstić information content (AvgIpc) is 2.81. The summed E-state index contributed by atoms with van der Waals surface area (Å²) in [5.74, 6) is 0. The second kappa shape index (κ2) is 9.20. The number of nitrogens with one attached hydrogen (secondary N) is 2. The Hall–Kier alpha value is -4.07. The molecule has 0 saturated heterocycles. The number of benzene rings is 4. The summed E-state index contributed by atoms with van der Waals surface area (Å²) in [4.78, 5) is 10.3. The molecule has 33 heavy (non-hydrogen) atoms. The van der Waals surface area contributed by atoms with Gasteiger partial charge in [-0.15, -0.1) is 0 Å². The zero-order chi connectivity index (χ0) is 23.4. The van der Waals surface area contributed by atoms with Gasteiger partial charge in [-0.3, -0.25) is 10.1 Å². The van der Waals surface area contributed by atoms with Crippen molar-refractivity contribution in [3.8, 4) is 0 Å². The maximum atomic E-state index is 13.4. The number of fused-ring (bicyclic) bond motifs is 1. The third-order valence-corrected chi connectivity index (χ3v) is 5.21. The molecule has 4 aromatic carbocycles. The Bertz CT molecular complexity index is 1290. The normalized spacial score (nSPS) is 11.4. The molecule has 4 aromatic rings. The van der Waals surface area contributed by atoms with Gasteiger partial charge in [0.2, 0.25) is 0 Å². The van der Waals surface area contributed by atoms with E-state index in [4.69, 9.17) is 0 Å². The second-order valence-electron chi connectivity index (χ2n) is 7.61. The Morgan fingerprint density at radius 3 is 1.91 bits per heavy atom. The molecule has 8 heteroatoms. The molecule has 0 aliphatic carbocycles. The minimum atomic E-state index is -4.50. The van der Waals surface area contributed by atoms with E-state index in [9.17, 15) is 23.3 Å². The fourth-order valence-corrected chi connectivity index (χ4v) is 3.49. The fraction of sp³-hybridized carbons (Fsp3) is 0.120. The van der Waals surface area contributed by atoms with Gasteiger partial charge in [0, 0.05) is 36.6 Å². The Kier molecular flexibility index (Phi) is 6.17. The highest BCUT2D eigenvalue weighted by molar-refractivity contribution is 5.83. The number of alkyl halides is 3. The smallest absolute Gasteiger partial charge is 0.381 e. The van der Waals surface area contributed by atoms with Crippen LogP contribution in [0.2, 0.25) is 0 Å². The minimum Gasteiger partial charge on any atom is -0.381 e. The van der Waals surface area contributed by atoms with Gasteiger partial charge in [-0.05, 0) is 46.2 Å². The topological polar surface area (TPSA) is 67.2 Å². The number of hydrogen-bond acceptors (Lipinski definition) is 4. The molecule has 0 amide bonds. The standard InChI is InChI=1S/C25H20F3N3O2/c26-25(27,28)21-12-22(29-15-17-6-9-24(10-7-17)31(32)33)14-23(13-21)30-16-18-5-8-19-3-1-2-4-20(19)11-18/h1-14,29-30H,15-16H2.